The number of hydrogen-bond donors (Lipinski definition) is 0. The van der Waals surface area contributed by atoms with E-state index in [2.05, 4.69) is 9.97 Å². The number of aromatic nitrogens is 3. The average Bonchev–Trinajstić information content (AvgIpc) is 3.02. The molecule has 25 heavy (non-hydrogen) atoms. The van der Waals surface area contributed by atoms with Gasteiger partial charge >= 0.3 is 5.97 Å². The fourth-order valence-electron chi connectivity index (χ4n) is 2.56. The smallest absolute Gasteiger partial charge is 0.358 e. The van der Waals surface area contributed by atoms with Gasteiger partial charge in [-0.1, -0.05) is 23.7 Å². The zero-order chi connectivity index (χ0) is 18.0. The Kier molecular flexibility index (Phi) is 4.86. The van der Waals surface area contributed by atoms with Crippen molar-refractivity contribution in [2.24, 2.45) is 0 Å². The Bertz CT molecular complexity index is 934. The maximum Gasteiger partial charge on any atom is 0.358 e. The van der Waals surface area contributed by atoms with Crippen LogP contribution in [0.5, 0.6) is 0 Å². The van der Waals surface area contributed by atoms with E-state index >= 15 is 0 Å². The Morgan fingerprint density at radius 2 is 2.00 bits per heavy atom. The molecular weight excluding hydrogens is 338 g/mol. The van der Waals surface area contributed by atoms with Gasteiger partial charge in [0, 0.05) is 16.9 Å². The van der Waals surface area contributed by atoms with Crippen molar-refractivity contribution in [1.29, 1.82) is 0 Å². The van der Waals surface area contributed by atoms with E-state index < -0.39 is 5.97 Å². The highest BCUT2D eigenvalue weighted by Gasteiger charge is 2.19. The Balaban J connectivity index is 2.21. The van der Waals surface area contributed by atoms with Gasteiger partial charge in [-0.15, -0.1) is 0 Å². The van der Waals surface area contributed by atoms with E-state index in [1.165, 1.54) is 0 Å². The lowest BCUT2D eigenvalue weighted by molar-refractivity contribution is 0.0520. The Morgan fingerprint density at radius 3 is 2.72 bits per heavy atom. The van der Waals surface area contributed by atoms with E-state index in [0.29, 0.717) is 23.1 Å². The summed E-state index contributed by atoms with van der Waals surface area (Å²) in [5.41, 5.74) is 3.63. The predicted octanol–water partition coefficient (Wildman–Crippen LogP) is 4.38. The molecule has 0 aliphatic rings. The first kappa shape index (κ1) is 17.2. The summed E-state index contributed by atoms with van der Waals surface area (Å²) >= 11 is 6.17. The maximum atomic E-state index is 12.1. The fraction of sp³-hybridized carbons (Fsp3) is 0.211. The number of halogens is 1. The molecule has 2 heterocycles. The van der Waals surface area contributed by atoms with E-state index in [9.17, 15) is 4.79 Å². The van der Waals surface area contributed by atoms with E-state index in [0.717, 1.165) is 16.9 Å². The standard InChI is InChI=1S/C19H18ClN3O2/c1-4-25-19(24)16-11-23(17-10-14(20)9-8-12(17)2)18(22-16)15-7-5-6-13(3)21-15/h5-11H,4H2,1-3H3. The summed E-state index contributed by atoms with van der Waals surface area (Å²) in [5, 5.41) is 0.607. The highest BCUT2D eigenvalue weighted by atomic mass is 35.5. The Hall–Kier alpha value is -2.66. The predicted molar refractivity (Wildman–Crippen MR) is 97.2 cm³/mol. The van der Waals surface area contributed by atoms with Crippen molar-refractivity contribution in [2.45, 2.75) is 20.8 Å². The van der Waals surface area contributed by atoms with Crippen molar-refractivity contribution in [2.75, 3.05) is 6.61 Å². The van der Waals surface area contributed by atoms with Gasteiger partial charge in [-0.05, 0) is 50.6 Å². The van der Waals surface area contributed by atoms with Crippen LogP contribution in [-0.4, -0.2) is 27.1 Å². The summed E-state index contributed by atoms with van der Waals surface area (Å²) in [7, 11) is 0. The molecule has 1 aromatic carbocycles. The number of pyridine rings is 1. The van der Waals surface area contributed by atoms with Crippen LogP contribution < -0.4 is 0 Å². The summed E-state index contributed by atoms with van der Waals surface area (Å²) in [6, 6.07) is 11.3. The largest absolute Gasteiger partial charge is 0.461 e. The number of ether oxygens (including phenoxy) is 1. The van der Waals surface area contributed by atoms with Crippen molar-refractivity contribution in [1.82, 2.24) is 14.5 Å². The molecule has 0 unspecified atom stereocenters. The summed E-state index contributed by atoms with van der Waals surface area (Å²) in [6.07, 6.45) is 1.66. The highest BCUT2D eigenvalue weighted by molar-refractivity contribution is 6.30. The Morgan fingerprint density at radius 1 is 1.20 bits per heavy atom. The zero-order valence-electron chi connectivity index (χ0n) is 14.3. The normalized spacial score (nSPS) is 10.7. The number of benzene rings is 1. The molecule has 5 nitrogen and oxygen atoms in total. The van der Waals surface area contributed by atoms with Crippen molar-refractivity contribution in [3.8, 4) is 17.2 Å². The minimum Gasteiger partial charge on any atom is -0.461 e. The van der Waals surface area contributed by atoms with Gasteiger partial charge in [0.25, 0.3) is 0 Å². The van der Waals surface area contributed by atoms with E-state index in [1.54, 1.807) is 13.1 Å². The van der Waals surface area contributed by atoms with Gasteiger partial charge in [0.15, 0.2) is 11.5 Å². The van der Waals surface area contributed by atoms with Crippen LogP contribution >= 0.6 is 11.6 Å². The number of esters is 1. The van der Waals surface area contributed by atoms with Gasteiger partial charge in [-0.2, -0.15) is 0 Å². The summed E-state index contributed by atoms with van der Waals surface area (Å²) in [6.45, 7) is 5.94. The molecule has 3 rings (SSSR count). The molecule has 128 valence electrons. The van der Waals surface area contributed by atoms with Gasteiger partial charge in [0.2, 0.25) is 0 Å². The van der Waals surface area contributed by atoms with Crippen molar-refractivity contribution in [3.63, 3.8) is 0 Å². The number of hydrogen-bond acceptors (Lipinski definition) is 4. The number of carbonyl (C=O) groups excluding carboxylic acids is 1. The van der Waals surface area contributed by atoms with Crippen LogP contribution in [0.4, 0.5) is 0 Å². The van der Waals surface area contributed by atoms with Gasteiger partial charge in [-0.3, -0.25) is 4.57 Å². The molecule has 2 aromatic heterocycles. The average molecular weight is 356 g/mol. The molecular formula is C19H18ClN3O2. The number of imidazole rings is 1. The van der Waals surface area contributed by atoms with Crippen LogP contribution in [0.1, 0.15) is 28.7 Å². The molecule has 0 saturated heterocycles. The summed E-state index contributed by atoms with van der Waals surface area (Å²) < 4.78 is 6.91. The van der Waals surface area contributed by atoms with Gasteiger partial charge in [-0.25, -0.2) is 14.8 Å². The van der Waals surface area contributed by atoms with Crippen LogP contribution in [0.3, 0.4) is 0 Å². The molecule has 0 aliphatic carbocycles. The number of nitrogens with zero attached hydrogens (tertiary/aromatic N) is 3. The monoisotopic (exact) mass is 355 g/mol. The molecule has 0 atom stereocenters. The van der Waals surface area contributed by atoms with Crippen LogP contribution in [0.25, 0.3) is 17.2 Å². The van der Waals surface area contributed by atoms with Crippen LogP contribution in [0, 0.1) is 13.8 Å². The molecule has 6 heteroatoms. The molecule has 3 aromatic rings. The maximum absolute atomic E-state index is 12.1. The van der Waals surface area contributed by atoms with Crippen LogP contribution in [-0.2, 0) is 4.74 Å². The van der Waals surface area contributed by atoms with Gasteiger partial charge < -0.3 is 4.74 Å². The topological polar surface area (TPSA) is 57.0 Å². The SMILES string of the molecule is CCOC(=O)c1cn(-c2cc(Cl)ccc2C)c(-c2cccc(C)n2)n1. The van der Waals surface area contributed by atoms with Crippen molar-refractivity contribution < 1.29 is 9.53 Å². The first-order chi connectivity index (χ1) is 12.0. The lowest BCUT2D eigenvalue weighted by Gasteiger charge is -2.11. The van der Waals surface area contributed by atoms with Crippen LogP contribution in [0.2, 0.25) is 5.02 Å². The summed E-state index contributed by atoms with van der Waals surface area (Å²) in [4.78, 5) is 21.1. The first-order valence-corrected chi connectivity index (χ1v) is 8.34. The van der Waals surface area contributed by atoms with Crippen molar-refractivity contribution >= 4 is 17.6 Å². The van der Waals surface area contributed by atoms with Crippen molar-refractivity contribution in [3.05, 3.63) is 64.6 Å². The van der Waals surface area contributed by atoms with E-state index in [1.807, 2.05) is 54.8 Å². The van der Waals surface area contributed by atoms with E-state index in [4.69, 9.17) is 16.3 Å². The third-order valence-electron chi connectivity index (χ3n) is 3.74. The quantitative estimate of drug-likeness (QED) is 0.651. The molecule has 0 bridgehead atoms. The molecule has 0 N–H and O–H groups in total. The molecule has 0 radical (unpaired) electrons. The number of aryl methyl sites for hydroxylation is 2. The second-order valence-electron chi connectivity index (χ2n) is 5.64. The molecule has 0 aliphatic heterocycles. The third kappa shape index (κ3) is 3.56. The molecule has 0 saturated carbocycles. The summed E-state index contributed by atoms with van der Waals surface area (Å²) in [5.74, 6) is 0.104. The zero-order valence-corrected chi connectivity index (χ0v) is 15.0. The number of carbonyl (C=O) groups is 1. The first-order valence-electron chi connectivity index (χ1n) is 7.96. The third-order valence-corrected chi connectivity index (χ3v) is 3.97. The Labute approximate surface area is 151 Å². The fourth-order valence-corrected chi connectivity index (χ4v) is 2.72. The minimum atomic E-state index is -0.463. The molecule has 0 fully saturated rings. The lowest BCUT2D eigenvalue weighted by atomic mass is 10.2. The van der Waals surface area contributed by atoms with E-state index in [-0.39, 0.29) is 5.69 Å². The molecule has 0 amide bonds. The van der Waals surface area contributed by atoms with Gasteiger partial charge in [0.1, 0.15) is 5.69 Å². The number of rotatable bonds is 4. The van der Waals surface area contributed by atoms with Crippen LogP contribution in [0.15, 0.2) is 42.6 Å². The lowest BCUT2D eigenvalue weighted by Crippen LogP contribution is -2.04. The minimum absolute atomic E-state index is 0.236. The van der Waals surface area contributed by atoms with Gasteiger partial charge in [0.05, 0.1) is 12.3 Å². The highest BCUT2D eigenvalue weighted by Crippen LogP contribution is 2.26. The molecule has 0 spiro atoms. The second-order valence-corrected chi connectivity index (χ2v) is 6.07. The second kappa shape index (κ2) is 7.07.